The van der Waals surface area contributed by atoms with Gasteiger partial charge in [0.2, 0.25) is 0 Å². The third-order valence-electron chi connectivity index (χ3n) is 5.34. The van der Waals surface area contributed by atoms with Crippen LogP contribution in [0.3, 0.4) is 0 Å². The highest BCUT2D eigenvalue weighted by atomic mass is 35.5. The van der Waals surface area contributed by atoms with E-state index in [4.69, 9.17) is 21.1 Å². The summed E-state index contributed by atoms with van der Waals surface area (Å²) in [6, 6.07) is 13.2. The molecule has 1 aliphatic rings. The van der Waals surface area contributed by atoms with Crippen LogP contribution in [0.25, 0.3) is 0 Å². The molecule has 2 aromatic carbocycles. The summed E-state index contributed by atoms with van der Waals surface area (Å²) in [6.45, 7) is 4.39. The second-order valence-electron chi connectivity index (χ2n) is 7.18. The Balaban J connectivity index is 1.77. The van der Waals surface area contributed by atoms with Gasteiger partial charge in [-0.3, -0.25) is 9.69 Å². The Morgan fingerprint density at radius 3 is 2.38 bits per heavy atom. The molecule has 0 aliphatic carbocycles. The van der Waals surface area contributed by atoms with Gasteiger partial charge >= 0.3 is 0 Å². The molecule has 0 spiro atoms. The Labute approximate surface area is 177 Å². The number of nitrogens with one attached hydrogen (secondary N) is 1. The average Bonchev–Trinajstić information content (AvgIpc) is 2.75. The molecular weight excluding hydrogens is 390 g/mol. The molecule has 0 radical (unpaired) electrons. The molecule has 156 valence electrons. The molecule has 1 N–H and O–H groups in total. The van der Waals surface area contributed by atoms with Gasteiger partial charge in [0, 0.05) is 37.7 Å². The lowest BCUT2D eigenvalue weighted by Crippen LogP contribution is -2.48. The van der Waals surface area contributed by atoms with Crippen LogP contribution in [0.5, 0.6) is 11.5 Å². The molecule has 7 heteroatoms. The smallest absolute Gasteiger partial charge is 0.255 e. The normalized spacial score (nSPS) is 16.3. The summed E-state index contributed by atoms with van der Waals surface area (Å²) in [5.74, 6) is 1.13. The van der Waals surface area contributed by atoms with Crippen LogP contribution in [0.15, 0.2) is 42.5 Å². The van der Waals surface area contributed by atoms with Crippen LogP contribution in [-0.4, -0.2) is 69.7 Å². The van der Waals surface area contributed by atoms with Gasteiger partial charge in [0.05, 0.1) is 25.8 Å². The Hall–Kier alpha value is -2.28. The first-order chi connectivity index (χ1) is 14.0. The van der Waals surface area contributed by atoms with Gasteiger partial charge in [-0.05, 0) is 42.9 Å². The Bertz CT molecular complexity index is 821. The summed E-state index contributed by atoms with van der Waals surface area (Å²) >= 11 is 6.08. The number of piperazine rings is 1. The number of halogens is 1. The second kappa shape index (κ2) is 9.96. The van der Waals surface area contributed by atoms with Crippen molar-refractivity contribution in [3.63, 3.8) is 0 Å². The summed E-state index contributed by atoms with van der Waals surface area (Å²) in [5.41, 5.74) is 1.58. The third-order valence-corrected chi connectivity index (χ3v) is 5.58. The lowest BCUT2D eigenvalue weighted by molar-refractivity contribution is 0.0883. The van der Waals surface area contributed by atoms with E-state index in [0.717, 1.165) is 37.5 Å². The van der Waals surface area contributed by atoms with Gasteiger partial charge in [-0.1, -0.05) is 23.7 Å². The van der Waals surface area contributed by atoms with E-state index in [9.17, 15) is 4.79 Å². The van der Waals surface area contributed by atoms with Gasteiger partial charge in [-0.2, -0.15) is 0 Å². The van der Waals surface area contributed by atoms with Crippen molar-refractivity contribution in [2.24, 2.45) is 0 Å². The van der Waals surface area contributed by atoms with Gasteiger partial charge in [0.15, 0.2) is 0 Å². The summed E-state index contributed by atoms with van der Waals surface area (Å²) < 4.78 is 10.6. The summed E-state index contributed by atoms with van der Waals surface area (Å²) in [7, 11) is 5.34. The zero-order valence-electron chi connectivity index (χ0n) is 17.2. The molecule has 3 rings (SSSR count). The van der Waals surface area contributed by atoms with Crippen LogP contribution in [0.2, 0.25) is 5.02 Å². The molecule has 1 unspecified atom stereocenters. The molecule has 0 saturated carbocycles. The summed E-state index contributed by atoms with van der Waals surface area (Å²) in [5, 5.41) is 3.57. The fraction of sp³-hybridized carbons (Fsp3) is 0.409. The number of nitrogens with zero attached hydrogens (tertiary/aromatic N) is 2. The summed E-state index contributed by atoms with van der Waals surface area (Å²) in [6.07, 6.45) is 0. The molecule has 1 aliphatic heterocycles. The molecule has 0 bridgehead atoms. The number of rotatable bonds is 7. The highest BCUT2D eigenvalue weighted by Gasteiger charge is 2.25. The molecule has 1 fully saturated rings. The van der Waals surface area contributed by atoms with Crippen molar-refractivity contribution in [1.82, 2.24) is 15.1 Å². The number of hydrogen-bond donors (Lipinski definition) is 1. The molecule has 2 aromatic rings. The lowest BCUT2D eigenvalue weighted by atomic mass is 10.0. The molecule has 6 nitrogen and oxygen atoms in total. The maximum atomic E-state index is 12.9. The topological polar surface area (TPSA) is 54.0 Å². The predicted molar refractivity (Wildman–Crippen MR) is 115 cm³/mol. The largest absolute Gasteiger partial charge is 0.497 e. The lowest BCUT2D eigenvalue weighted by Gasteiger charge is -2.38. The number of likely N-dealkylation sites (N-methyl/N-ethyl adjacent to an activating group) is 1. The van der Waals surface area contributed by atoms with Crippen LogP contribution < -0.4 is 14.8 Å². The number of benzene rings is 2. The van der Waals surface area contributed by atoms with Crippen molar-refractivity contribution < 1.29 is 14.3 Å². The van der Waals surface area contributed by atoms with Crippen LogP contribution in [0, 0.1) is 0 Å². The minimum atomic E-state index is -0.197. The predicted octanol–water partition coefficient (Wildman–Crippen LogP) is 3.08. The van der Waals surface area contributed by atoms with E-state index in [1.807, 2.05) is 12.1 Å². The minimum absolute atomic E-state index is 0.0729. The van der Waals surface area contributed by atoms with Crippen LogP contribution in [0.4, 0.5) is 0 Å². The first-order valence-corrected chi connectivity index (χ1v) is 10.1. The van der Waals surface area contributed by atoms with E-state index in [1.165, 1.54) is 0 Å². The first-order valence-electron chi connectivity index (χ1n) is 9.70. The third kappa shape index (κ3) is 5.41. The van der Waals surface area contributed by atoms with Crippen LogP contribution >= 0.6 is 11.6 Å². The van der Waals surface area contributed by atoms with Crippen molar-refractivity contribution >= 4 is 17.5 Å². The Morgan fingerprint density at radius 1 is 1.07 bits per heavy atom. The van der Waals surface area contributed by atoms with E-state index in [0.29, 0.717) is 22.9 Å². The zero-order valence-corrected chi connectivity index (χ0v) is 17.9. The number of hydrogen-bond acceptors (Lipinski definition) is 5. The van der Waals surface area contributed by atoms with Crippen molar-refractivity contribution in [2.45, 2.75) is 6.04 Å². The van der Waals surface area contributed by atoms with E-state index in [-0.39, 0.29) is 11.9 Å². The Morgan fingerprint density at radius 2 is 1.76 bits per heavy atom. The van der Waals surface area contributed by atoms with Gasteiger partial charge in [0.25, 0.3) is 5.91 Å². The number of amides is 1. The number of carbonyl (C=O) groups excluding carboxylic acids is 1. The molecule has 1 amide bonds. The minimum Gasteiger partial charge on any atom is -0.497 e. The molecule has 1 atom stereocenters. The number of ether oxygens (including phenoxy) is 2. The maximum absolute atomic E-state index is 12.9. The van der Waals surface area contributed by atoms with E-state index < -0.39 is 0 Å². The molecule has 1 heterocycles. The molecular formula is C22H28ClN3O3. The van der Waals surface area contributed by atoms with Gasteiger partial charge in [-0.25, -0.2) is 0 Å². The standard InChI is InChI=1S/C22H28ClN3O3/c1-25-10-12-26(13-11-25)20(16-4-7-18(28-2)8-5-16)15-24-22(27)19-14-17(23)6-9-21(19)29-3/h4-9,14,20H,10-13,15H2,1-3H3,(H,24,27). The highest BCUT2D eigenvalue weighted by molar-refractivity contribution is 6.31. The number of carbonyl (C=O) groups is 1. The van der Waals surface area contributed by atoms with Crippen LogP contribution in [0.1, 0.15) is 22.0 Å². The monoisotopic (exact) mass is 417 g/mol. The number of methoxy groups -OCH3 is 2. The van der Waals surface area contributed by atoms with E-state index in [1.54, 1.807) is 32.4 Å². The maximum Gasteiger partial charge on any atom is 0.255 e. The van der Waals surface area contributed by atoms with Gasteiger partial charge in [-0.15, -0.1) is 0 Å². The first kappa shape index (κ1) is 21.4. The Kier molecular flexibility index (Phi) is 7.36. The quantitative estimate of drug-likeness (QED) is 0.750. The molecule has 29 heavy (non-hydrogen) atoms. The van der Waals surface area contributed by atoms with Crippen molar-refractivity contribution in [2.75, 3.05) is 54.0 Å². The van der Waals surface area contributed by atoms with Crippen molar-refractivity contribution in [1.29, 1.82) is 0 Å². The van der Waals surface area contributed by atoms with Gasteiger partial charge < -0.3 is 19.7 Å². The molecule has 0 aromatic heterocycles. The molecule has 1 saturated heterocycles. The second-order valence-corrected chi connectivity index (χ2v) is 7.62. The van der Waals surface area contributed by atoms with Crippen molar-refractivity contribution in [3.05, 3.63) is 58.6 Å². The van der Waals surface area contributed by atoms with E-state index in [2.05, 4.69) is 34.3 Å². The van der Waals surface area contributed by atoms with Gasteiger partial charge in [0.1, 0.15) is 11.5 Å². The average molecular weight is 418 g/mol. The SMILES string of the molecule is COc1ccc(C(CNC(=O)c2cc(Cl)ccc2OC)N2CCN(C)CC2)cc1. The zero-order chi connectivity index (χ0) is 20.8. The fourth-order valence-corrected chi connectivity index (χ4v) is 3.73. The van der Waals surface area contributed by atoms with Crippen molar-refractivity contribution in [3.8, 4) is 11.5 Å². The van der Waals surface area contributed by atoms with E-state index >= 15 is 0 Å². The fourth-order valence-electron chi connectivity index (χ4n) is 3.56. The highest BCUT2D eigenvalue weighted by Crippen LogP contribution is 2.25. The summed E-state index contributed by atoms with van der Waals surface area (Å²) in [4.78, 5) is 17.6. The van der Waals surface area contributed by atoms with Crippen LogP contribution in [-0.2, 0) is 0 Å².